The molecule has 3 N–H and O–H groups in total. The maximum atomic E-state index is 12.9. The van der Waals surface area contributed by atoms with E-state index in [9.17, 15) is 107 Å². The van der Waals surface area contributed by atoms with Crippen molar-refractivity contribution in [1.82, 2.24) is 0 Å². The van der Waals surface area contributed by atoms with E-state index in [4.69, 9.17) is 15.3 Å². The van der Waals surface area contributed by atoms with Gasteiger partial charge in [-0.2, -0.15) is 92.2 Å². The monoisotopic (exact) mass is 1060 g/mol. The van der Waals surface area contributed by atoms with E-state index >= 15 is 0 Å². The first-order valence-corrected chi connectivity index (χ1v) is 14.5. The molecule has 0 aliphatic heterocycles. The predicted octanol–water partition coefficient (Wildman–Crippen LogP) is 11.6. The molecule has 6 nitrogen and oxygen atoms in total. The minimum atomic E-state index is -6.59. The Morgan fingerprint density at radius 3 is 0.534 bits per heavy atom. The summed E-state index contributed by atoms with van der Waals surface area (Å²) in [5.41, 5.74) is -3.75. The van der Waals surface area contributed by atoms with Gasteiger partial charge in [0.15, 0.2) is 0 Å². The van der Waals surface area contributed by atoms with Gasteiger partial charge in [0, 0.05) is 81.4 Å². The minimum absolute atomic E-state index is 0. The predicted molar refractivity (Wildman–Crippen MR) is 153 cm³/mol. The molecule has 0 rings (SSSR count). The van der Waals surface area contributed by atoms with Gasteiger partial charge in [0.2, 0.25) is 17.3 Å². The van der Waals surface area contributed by atoms with E-state index in [-0.39, 0.29) is 65.2 Å². The molecule has 350 valence electrons. The molecule has 0 aromatic carbocycles. The van der Waals surface area contributed by atoms with E-state index in [1.54, 1.807) is 0 Å². The van der Waals surface area contributed by atoms with Crippen LogP contribution in [0.25, 0.3) is 0 Å². The molecule has 0 radical (unpaired) electrons. The van der Waals surface area contributed by atoms with Gasteiger partial charge in [-0.1, -0.05) is 62.3 Å². The summed E-state index contributed by atoms with van der Waals surface area (Å²) in [5, 5.41) is 27.5. The van der Waals surface area contributed by atoms with Gasteiger partial charge in [-0.05, 0) is 0 Å². The summed E-state index contributed by atoms with van der Waals surface area (Å²) in [6, 6.07) is 0. The zero-order chi connectivity index (χ0) is 47.6. The van der Waals surface area contributed by atoms with Crippen LogP contribution in [0, 0.1) is 63.2 Å². The Morgan fingerprint density at radius 1 is 0.328 bits per heavy atom. The quantitative estimate of drug-likeness (QED) is 0.120. The molecule has 0 aromatic rings. The number of aliphatic hydroxyl groups is 3. The summed E-state index contributed by atoms with van der Waals surface area (Å²) in [5.74, 6) is -49.1. The molecule has 0 atom stereocenters. The Bertz CT molecular complexity index is 1350. The van der Waals surface area contributed by atoms with Crippen LogP contribution in [0.3, 0.4) is 0 Å². The summed E-state index contributed by atoms with van der Waals surface area (Å²) in [6.45, 7) is 11.2. The molecular formula is C30H33F21O6Yb. The fourth-order valence-electron chi connectivity index (χ4n) is 2.29. The molecule has 0 aromatic heterocycles. The normalized spacial score (nSPS) is 15.3. The van der Waals surface area contributed by atoms with Crippen molar-refractivity contribution in [3.05, 3.63) is 35.5 Å². The zero-order valence-corrected chi connectivity index (χ0v) is 32.2. The number of carbonyl (C=O) groups excluding carboxylic acids is 3. The molecule has 0 unspecified atom stereocenters. The van der Waals surface area contributed by atoms with Crippen molar-refractivity contribution in [1.29, 1.82) is 0 Å². The number of halogens is 21. The number of ketones is 3. The number of hydrogen-bond acceptors (Lipinski definition) is 6. The SMILES string of the molecule is CC(C)(C)/C(O)=C/C(=O)C(F)(F)C(F)(F)C(F)(F)F.CC(C)(C)/C(O)=C/C(=O)C(F)(F)C(F)(F)C(F)(F)F.CC(C)(C)/C(O)=C\C(=O)C(F)(F)C(F)(F)C(F)(F)F.[Yb]. The zero-order valence-electron chi connectivity index (χ0n) is 30.5. The van der Waals surface area contributed by atoms with E-state index in [1.807, 2.05) is 0 Å². The number of hydrogen-bond donors (Lipinski definition) is 3. The Labute approximate surface area is 352 Å². The first-order valence-electron chi connectivity index (χ1n) is 14.5. The maximum absolute atomic E-state index is 12.9. The number of alkyl halides is 21. The molecule has 0 aliphatic rings. The fourth-order valence-corrected chi connectivity index (χ4v) is 2.29. The third-order valence-corrected chi connectivity index (χ3v) is 6.29. The Balaban J connectivity index is -0.000000374. The van der Waals surface area contributed by atoms with Crippen molar-refractivity contribution in [3.63, 3.8) is 0 Å². The van der Waals surface area contributed by atoms with Gasteiger partial charge in [0.1, 0.15) is 17.3 Å². The van der Waals surface area contributed by atoms with E-state index in [0.717, 1.165) is 0 Å². The van der Waals surface area contributed by atoms with Crippen molar-refractivity contribution >= 4 is 17.3 Å². The summed E-state index contributed by atoms with van der Waals surface area (Å²) < 4.78 is 258. The molecule has 28 heteroatoms. The van der Waals surface area contributed by atoms with E-state index in [0.29, 0.717) is 0 Å². The molecule has 0 fully saturated rings. The average Bonchev–Trinajstić information content (AvgIpc) is 2.93. The standard InChI is InChI=1S/3C10H11F7O2.Yb/c3*1-7(2,3)5(18)4-6(19)8(11,12)9(13,14)10(15,16)17;/h3*4,18H,1-3H3;/b5-4+;2*5-4-;. The van der Waals surface area contributed by atoms with Gasteiger partial charge in [0.25, 0.3) is 0 Å². The van der Waals surface area contributed by atoms with Gasteiger partial charge in [-0.3, -0.25) is 14.4 Å². The van der Waals surface area contributed by atoms with Crippen molar-refractivity contribution in [2.24, 2.45) is 16.2 Å². The third kappa shape index (κ3) is 15.0. The van der Waals surface area contributed by atoms with Gasteiger partial charge >= 0.3 is 54.1 Å². The van der Waals surface area contributed by atoms with Gasteiger partial charge in [0.05, 0.1) is 0 Å². The van der Waals surface area contributed by atoms with Crippen molar-refractivity contribution < 1.29 is 169 Å². The van der Waals surface area contributed by atoms with Crippen LogP contribution in [0.5, 0.6) is 0 Å². The second-order valence-corrected chi connectivity index (χ2v) is 14.4. The molecule has 0 aliphatic carbocycles. The van der Waals surface area contributed by atoms with Gasteiger partial charge in [-0.25, -0.2) is 0 Å². The number of allylic oxidation sites excluding steroid dienone is 6. The minimum Gasteiger partial charge on any atom is -0.512 e. The smallest absolute Gasteiger partial charge is 0.460 e. The molecule has 0 bridgehead atoms. The average molecular weight is 1060 g/mol. The largest absolute Gasteiger partial charge is 0.512 e. The van der Waals surface area contributed by atoms with Crippen molar-refractivity contribution in [2.75, 3.05) is 0 Å². The second-order valence-electron chi connectivity index (χ2n) is 14.4. The van der Waals surface area contributed by atoms with Crippen LogP contribution in [-0.4, -0.2) is 86.7 Å². The van der Waals surface area contributed by atoms with E-state index in [1.165, 1.54) is 62.3 Å². The summed E-state index contributed by atoms with van der Waals surface area (Å²) in [7, 11) is 0. The Kier molecular flexibility index (Phi) is 20.6. The molecule has 0 saturated carbocycles. The van der Waals surface area contributed by atoms with Crippen LogP contribution < -0.4 is 0 Å². The van der Waals surface area contributed by atoms with Crippen molar-refractivity contribution in [3.8, 4) is 0 Å². The van der Waals surface area contributed by atoms with Crippen LogP contribution in [0.2, 0.25) is 0 Å². The summed E-state index contributed by atoms with van der Waals surface area (Å²) >= 11 is 0. The second kappa shape index (κ2) is 19.2. The van der Waals surface area contributed by atoms with Gasteiger partial charge in [-0.15, -0.1) is 0 Å². The first kappa shape index (κ1) is 62.3. The fraction of sp³-hybridized carbons (Fsp3) is 0.700. The van der Waals surface area contributed by atoms with Crippen LogP contribution in [0.4, 0.5) is 92.2 Å². The van der Waals surface area contributed by atoms with Crippen molar-refractivity contribution in [2.45, 2.75) is 116 Å². The Morgan fingerprint density at radius 2 is 0.448 bits per heavy atom. The van der Waals surface area contributed by atoms with Gasteiger partial charge < -0.3 is 15.3 Å². The topological polar surface area (TPSA) is 112 Å². The molecule has 0 saturated heterocycles. The van der Waals surface area contributed by atoms with Crippen LogP contribution in [0.15, 0.2) is 35.5 Å². The summed E-state index contributed by atoms with van der Waals surface area (Å²) in [6.07, 6.45) is -20.7. The molecule has 0 amide bonds. The Hall–Kier alpha value is -2.32. The molecule has 58 heavy (non-hydrogen) atoms. The van der Waals surface area contributed by atoms with Crippen LogP contribution in [-0.2, 0) is 14.4 Å². The molecular weight excluding hydrogens is 1030 g/mol. The maximum Gasteiger partial charge on any atom is 0.460 e. The number of aliphatic hydroxyl groups excluding tert-OH is 3. The van der Waals surface area contributed by atoms with E-state index in [2.05, 4.69) is 0 Å². The van der Waals surface area contributed by atoms with Crippen LogP contribution in [0.1, 0.15) is 62.3 Å². The van der Waals surface area contributed by atoms with E-state index < -0.39 is 105 Å². The molecule has 0 heterocycles. The van der Waals surface area contributed by atoms with Crippen LogP contribution >= 0.6 is 0 Å². The third-order valence-electron chi connectivity index (χ3n) is 6.29. The summed E-state index contributed by atoms with van der Waals surface area (Å²) in [4.78, 5) is 32.5. The molecule has 0 spiro atoms. The first-order chi connectivity index (χ1) is 24.1. The number of rotatable bonds is 9. The number of carbonyl (C=O) groups is 3.